The summed E-state index contributed by atoms with van der Waals surface area (Å²) in [6, 6.07) is 13.2. The van der Waals surface area contributed by atoms with Crippen LogP contribution in [0.5, 0.6) is 0 Å². The van der Waals surface area contributed by atoms with E-state index in [1.165, 1.54) is 6.07 Å². The lowest BCUT2D eigenvalue weighted by atomic mass is 10.1. The summed E-state index contributed by atoms with van der Waals surface area (Å²) in [5.74, 6) is -2.60. The van der Waals surface area contributed by atoms with Gasteiger partial charge in [0.2, 0.25) is 5.91 Å². The van der Waals surface area contributed by atoms with E-state index in [2.05, 4.69) is 5.32 Å². The van der Waals surface area contributed by atoms with Gasteiger partial charge in [-0.3, -0.25) is 9.59 Å². The van der Waals surface area contributed by atoms with Crippen molar-refractivity contribution in [1.82, 2.24) is 10.2 Å². The summed E-state index contributed by atoms with van der Waals surface area (Å²) in [4.78, 5) is 25.9. The first-order valence-corrected chi connectivity index (χ1v) is 8.58. The molecule has 0 radical (unpaired) electrons. The molecule has 0 unspecified atom stereocenters. The molecular formula is C20H20F2N2O2. The molecule has 0 saturated carbocycles. The summed E-state index contributed by atoms with van der Waals surface area (Å²) in [5, 5.41) is 2.54. The molecule has 1 aliphatic rings. The van der Waals surface area contributed by atoms with E-state index in [-0.39, 0.29) is 18.4 Å². The Balaban J connectivity index is 1.50. The first-order valence-electron chi connectivity index (χ1n) is 8.58. The summed E-state index contributed by atoms with van der Waals surface area (Å²) in [7, 11) is 0. The average molecular weight is 358 g/mol. The number of rotatable bonds is 6. The van der Waals surface area contributed by atoms with E-state index in [1.54, 1.807) is 4.90 Å². The van der Waals surface area contributed by atoms with Crippen LogP contribution in [-0.4, -0.2) is 36.3 Å². The van der Waals surface area contributed by atoms with Crippen molar-refractivity contribution in [3.8, 4) is 0 Å². The minimum atomic E-state index is -0.894. The summed E-state index contributed by atoms with van der Waals surface area (Å²) >= 11 is 0. The van der Waals surface area contributed by atoms with Crippen LogP contribution in [0.1, 0.15) is 22.3 Å². The van der Waals surface area contributed by atoms with Gasteiger partial charge in [0.15, 0.2) is 0 Å². The third-order valence-electron chi connectivity index (χ3n) is 4.55. The molecule has 0 aliphatic carbocycles. The van der Waals surface area contributed by atoms with Crippen LogP contribution in [0.15, 0.2) is 48.5 Å². The molecule has 26 heavy (non-hydrogen) atoms. The summed E-state index contributed by atoms with van der Waals surface area (Å²) in [6.45, 7) is 1.36. The van der Waals surface area contributed by atoms with Gasteiger partial charge in [0.25, 0.3) is 5.91 Å². The fourth-order valence-electron chi connectivity index (χ4n) is 3.16. The fraction of sp³-hybridized carbons (Fsp3) is 0.300. The molecule has 1 fully saturated rings. The number of hydrogen-bond acceptors (Lipinski definition) is 2. The minimum absolute atomic E-state index is 0.0391. The van der Waals surface area contributed by atoms with Gasteiger partial charge < -0.3 is 10.2 Å². The van der Waals surface area contributed by atoms with Crippen LogP contribution < -0.4 is 5.32 Å². The molecule has 6 heteroatoms. The number of likely N-dealkylation sites (tertiary alicyclic amines) is 1. The Morgan fingerprint density at radius 1 is 1.08 bits per heavy atom. The second-order valence-corrected chi connectivity index (χ2v) is 6.45. The first-order chi connectivity index (χ1) is 12.5. The highest BCUT2D eigenvalue weighted by molar-refractivity contribution is 5.94. The highest BCUT2D eigenvalue weighted by atomic mass is 19.1. The highest BCUT2D eigenvalue weighted by Gasteiger charge is 2.29. The molecule has 4 nitrogen and oxygen atoms in total. The van der Waals surface area contributed by atoms with Gasteiger partial charge in [-0.15, -0.1) is 0 Å². The third kappa shape index (κ3) is 4.25. The van der Waals surface area contributed by atoms with Crippen LogP contribution >= 0.6 is 0 Å². The third-order valence-corrected chi connectivity index (χ3v) is 4.55. The van der Waals surface area contributed by atoms with Crippen molar-refractivity contribution < 1.29 is 18.4 Å². The molecule has 1 N–H and O–H groups in total. The van der Waals surface area contributed by atoms with Crippen LogP contribution in [0.25, 0.3) is 0 Å². The normalized spacial score (nSPS) is 16.8. The Kier molecular flexibility index (Phi) is 5.61. The molecule has 1 saturated heterocycles. The van der Waals surface area contributed by atoms with Gasteiger partial charge in [-0.1, -0.05) is 36.4 Å². The van der Waals surface area contributed by atoms with Crippen molar-refractivity contribution >= 4 is 11.8 Å². The van der Waals surface area contributed by atoms with E-state index < -0.39 is 23.1 Å². The molecule has 2 aromatic rings. The Hall–Kier alpha value is -2.76. The average Bonchev–Trinajstić information content (AvgIpc) is 2.99. The molecule has 1 aliphatic heterocycles. The lowest BCUT2D eigenvalue weighted by molar-refractivity contribution is -0.127. The quantitative estimate of drug-likeness (QED) is 0.863. The molecule has 1 heterocycles. The molecule has 0 bridgehead atoms. The lowest BCUT2D eigenvalue weighted by Gasteiger charge is -2.17. The maximum absolute atomic E-state index is 13.6. The number of benzene rings is 2. The second kappa shape index (κ2) is 8.08. The molecule has 1 atom stereocenters. The Bertz CT molecular complexity index is 775. The minimum Gasteiger partial charge on any atom is -0.351 e. The zero-order valence-corrected chi connectivity index (χ0v) is 14.3. The summed E-state index contributed by atoms with van der Waals surface area (Å²) < 4.78 is 27.2. The van der Waals surface area contributed by atoms with Crippen molar-refractivity contribution in [2.24, 2.45) is 5.92 Å². The van der Waals surface area contributed by atoms with Crippen molar-refractivity contribution in [2.45, 2.75) is 12.8 Å². The summed E-state index contributed by atoms with van der Waals surface area (Å²) in [5.41, 5.74) is 0.574. The molecule has 2 amide bonds. The highest BCUT2D eigenvalue weighted by Crippen LogP contribution is 2.18. The number of nitrogens with zero attached hydrogens (tertiary/aromatic N) is 1. The zero-order valence-electron chi connectivity index (χ0n) is 14.3. The van der Waals surface area contributed by atoms with Crippen LogP contribution in [0, 0.1) is 17.6 Å². The topological polar surface area (TPSA) is 49.4 Å². The Labute approximate surface area is 150 Å². The van der Waals surface area contributed by atoms with E-state index in [4.69, 9.17) is 0 Å². The maximum atomic E-state index is 13.6. The number of halogens is 2. The number of carbonyl (C=O) groups is 2. The summed E-state index contributed by atoms with van der Waals surface area (Å²) in [6.07, 6.45) is 1.10. The Morgan fingerprint density at radius 2 is 1.77 bits per heavy atom. The van der Waals surface area contributed by atoms with Gasteiger partial charge in [0, 0.05) is 32.0 Å². The SMILES string of the molecule is O=C(NC[C@H]1CC(=O)N(CCc2ccccc2)C1)c1c(F)cccc1F. The number of carbonyl (C=O) groups excluding carboxylic acids is 2. The van der Waals surface area contributed by atoms with Gasteiger partial charge in [-0.25, -0.2) is 8.78 Å². The van der Waals surface area contributed by atoms with Gasteiger partial charge >= 0.3 is 0 Å². The van der Waals surface area contributed by atoms with Crippen LogP contribution in [0.4, 0.5) is 8.78 Å². The molecular weight excluding hydrogens is 338 g/mol. The number of nitrogens with one attached hydrogen (secondary N) is 1. The van der Waals surface area contributed by atoms with Crippen LogP contribution in [0.2, 0.25) is 0 Å². The van der Waals surface area contributed by atoms with Crippen LogP contribution in [-0.2, 0) is 11.2 Å². The van der Waals surface area contributed by atoms with E-state index in [0.717, 1.165) is 24.1 Å². The largest absolute Gasteiger partial charge is 0.351 e. The molecule has 2 aromatic carbocycles. The van der Waals surface area contributed by atoms with E-state index in [9.17, 15) is 18.4 Å². The van der Waals surface area contributed by atoms with Gasteiger partial charge in [0.1, 0.15) is 17.2 Å². The first kappa shape index (κ1) is 18.0. The zero-order chi connectivity index (χ0) is 18.5. The molecule has 0 spiro atoms. The lowest BCUT2D eigenvalue weighted by Crippen LogP contribution is -2.32. The number of amides is 2. The predicted molar refractivity (Wildman–Crippen MR) is 93.5 cm³/mol. The van der Waals surface area contributed by atoms with E-state index in [1.807, 2.05) is 30.3 Å². The van der Waals surface area contributed by atoms with E-state index in [0.29, 0.717) is 19.5 Å². The van der Waals surface area contributed by atoms with Crippen molar-refractivity contribution in [2.75, 3.05) is 19.6 Å². The standard InChI is InChI=1S/C20H20F2N2O2/c21-16-7-4-8-17(22)19(16)20(26)23-12-15-11-18(25)24(13-15)10-9-14-5-2-1-3-6-14/h1-8,15H,9-13H2,(H,23,26)/t15-/m1/s1. The van der Waals surface area contributed by atoms with Gasteiger partial charge in [-0.05, 0) is 24.1 Å². The smallest absolute Gasteiger partial charge is 0.257 e. The van der Waals surface area contributed by atoms with Gasteiger partial charge in [0.05, 0.1) is 0 Å². The fourth-order valence-corrected chi connectivity index (χ4v) is 3.16. The van der Waals surface area contributed by atoms with E-state index >= 15 is 0 Å². The maximum Gasteiger partial charge on any atom is 0.257 e. The van der Waals surface area contributed by atoms with Crippen molar-refractivity contribution in [3.05, 3.63) is 71.3 Å². The molecule has 3 rings (SSSR count). The van der Waals surface area contributed by atoms with Crippen LogP contribution in [0.3, 0.4) is 0 Å². The van der Waals surface area contributed by atoms with Gasteiger partial charge in [-0.2, -0.15) is 0 Å². The second-order valence-electron chi connectivity index (χ2n) is 6.45. The number of hydrogen-bond donors (Lipinski definition) is 1. The van der Waals surface area contributed by atoms with Crippen molar-refractivity contribution in [1.29, 1.82) is 0 Å². The predicted octanol–water partition coefficient (Wildman–Crippen LogP) is 2.79. The molecule has 0 aromatic heterocycles. The Morgan fingerprint density at radius 3 is 2.46 bits per heavy atom. The monoisotopic (exact) mass is 358 g/mol. The molecule has 136 valence electrons. The van der Waals surface area contributed by atoms with Crippen molar-refractivity contribution in [3.63, 3.8) is 0 Å².